The van der Waals surface area contributed by atoms with Crippen LogP contribution < -0.4 is 10.6 Å². The fourth-order valence-electron chi connectivity index (χ4n) is 3.28. The highest BCUT2D eigenvalue weighted by Crippen LogP contribution is 2.12. The van der Waals surface area contributed by atoms with Crippen molar-refractivity contribution in [3.63, 3.8) is 0 Å². The predicted octanol–water partition coefficient (Wildman–Crippen LogP) is 4.03. The summed E-state index contributed by atoms with van der Waals surface area (Å²) in [5, 5.41) is 6.37. The van der Waals surface area contributed by atoms with Gasteiger partial charge in [-0.05, 0) is 59.3 Å². The first kappa shape index (κ1) is 31.2. The summed E-state index contributed by atoms with van der Waals surface area (Å²) in [5.74, 6) is 1.19. The van der Waals surface area contributed by atoms with Crippen LogP contribution in [0.15, 0.2) is 4.99 Å². The van der Waals surface area contributed by atoms with Gasteiger partial charge in [0.25, 0.3) is 0 Å². The summed E-state index contributed by atoms with van der Waals surface area (Å²) >= 11 is 0. The second kappa shape index (κ2) is 16.7. The molecule has 0 bridgehead atoms. The van der Waals surface area contributed by atoms with Gasteiger partial charge < -0.3 is 29.7 Å². The van der Waals surface area contributed by atoms with Gasteiger partial charge in [0, 0.05) is 52.5 Å². The summed E-state index contributed by atoms with van der Waals surface area (Å²) in [6.45, 7) is 16.6. The number of carbonyl (C=O) groups excluding carboxylic acids is 1. The lowest BCUT2D eigenvalue weighted by atomic mass is 10.0. The molecule has 1 amide bonds. The third-order valence-electron chi connectivity index (χ3n) is 5.06. The Morgan fingerprint density at radius 3 is 2.47 bits per heavy atom. The number of aliphatic imine (C=N–C) groups is 1. The Hall–Kier alpha value is -0.810. The number of amides is 1. The molecule has 1 aliphatic rings. The molecule has 190 valence electrons. The van der Waals surface area contributed by atoms with Crippen molar-refractivity contribution < 1.29 is 19.0 Å². The molecule has 1 atom stereocenters. The number of nitrogens with zero attached hydrogens (tertiary/aromatic N) is 2. The van der Waals surface area contributed by atoms with Crippen LogP contribution in [0, 0.1) is 5.92 Å². The third kappa shape index (κ3) is 14.4. The zero-order valence-electron chi connectivity index (χ0n) is 21.2. The molecule has 0 radical (unpaired) electrons. The molecule has 9 heteroatoms. The maximum atomic E-state index is 12.2. The fraction of sp³-hybridized carbons (Fsp3) is 0.913. The van der Waals surface area contributed by atoms with Crippen LogP contribution in [0.5, 0.6) is 0 Å². The molecule has 1 unspecified atom stereocenters. The maximum absolute atomic E-state index is 12.2. The Morgan fingerprint density at radius 2 is 1.91 bits per heavy atom. The Labute approximate surface area is 212 Å². The van der Waals surface area contributed by atoms with Gasteiger partial charge in [-0.1, -0.05) is 13.8 Å². The van der Waals surface area contributed by atoms with Crippen molar-refractivity contribution in [2.75, 3.05) is 46.5 Å². The zero-order chi connectivity index (χ0) is 23.3. The predicted molar refractivity (Wildman–Crippen MR) is 141 cm³/mol. The van der Waals surface area contributed by atoms with E-state index < -0.39 is 5.60 Å². The van der Waals surface area contributed by atoms with E-state index in [4.69, 9.17) is 19.2 Å². The highest BCUT2D eigenvalue weighted by Gasteiger charge is 2.22. The fourth-order valence-corrected chi connectivity index (χ4v) is 3.28. The average Bonchev–Trinajstić information content (AvgIpc) is 2.69. The first-order valence-corrected chi connectivity index (χ1v) is 11.8. The first-order chi connectivity index (χ1) is 14.6. The molecule has 0 saturated carbocycles. The van der Waals surface area contributed by atoms with Crippen molar-refractivity contribution in [2.45, 2.75) is 85.0 Å². The van der Waals surface area contributed by atoms with Gasteiger partial charge in [-0.2, -0.15) is 0 Å². The summed E-state index contributed by atoms with van der Waals surface area (Å²) in [6.07, 6.45) is 3.66. The van der Waals surface area contributed by atoms with Crippen molar-refractivity contribution in [1.82, 2.24) is 15.5 Å². The number of halogens is 1. The van der Waals surface area contributed by atoms with Crippen molar-refractivity contribution in [3.8, 4) is 0 Å². The minimum absolute atomic E-state index is 0. The van der Waals surface area contributed by atoms with E-state index in [1.807, 2.05) is 27.8 Å². The van der Waals surface area contributed by atoms with Crippen molar-refractivity contribution in [3.05, 3.63) is 0 Å². The van der Waals surface area contributed by atoms with Crippen LogP contribution in [0.4, 0.5) is 4.79 Å². The summed E-state index contributed by atoms with van der Waals surface area (Å²) in [4.78, 5) is 19.0. The number of guanidine groups is 1. The van der Waals surface area contributed by atoms with E-state index >= 15 is 0 Å². The van der Waals surface area contributed by atoms with Gasteiger partial charge in [0.15, 0.2) is 5.96 Å². The quantitative estimate of drug-likeness (QED) is 0.169. The molecule has 1 aliphatic heterocycles. The van der Waals surface area contributed by atoms with Gasteiger partial charge in [0.05, 0.1) is 6.10 Å². The van der Waals surface area contributed by atoms with Gasteiger partial charge in [0.2, 0.25) is 0 Å². The van der Waals surface area contributed by atoms with Crippen molar-refractivity contribution in [1.29, 1.82) is 0 Å². The maximum Gasteiger partial charge on any atom is 0.407 e. The number of rotatable bonds is 11. The average molecular weight is 571 g/mol. The molecule has 0 spiro atoms. The van der Waals surface area contributed by atoms with E-state index in [9.17, 15) is 4.79 Å². The molecule has 0 aliphatic carbocycles. The zero-order valence-corrected chi connectivity index (χ0v) is 23.6. The summed E-state index contributed by atoms with van der Waals surface area (Å²) < 4.78 is 16.7. The SMILES string of the molecule is CCNC(=NCCCOC1CCOCC1)N(C)CCC(NC(=O)OC(C)(C)C)C(C)C.I. The van der Waals surface area contributed by atoms with Crippen LogP contribution in [-0.4, -0.2) is 81.2 Å². The van der Waals surface area contributed by atoms with Crippen LogP contribution in [0.2, 0.25) is 0 Å². The first-order valence-electron chi connectivity index (χ1n) is 11.8. The molecule has 1 rings (SSSR count). The molecule has 2 N–H and O–H groups in total. The largest absolute Gasteiger partial charge is 0.444 e. The molecular formula is C23H47IN4O4. The van der Waals surface area contributed by atoms with E-state index in [1.165, 1.54) is 0 Å². The lowest BCUT2D eigenvalue weighted by Crippen LogP contribution is -2.45. The van der Waals surface area contributed by atoms with Crippen LogP contribution in [-0.2, 0) is 14.2 Å². The smallest absolute Gasteiger partial charge is 0.407 e. The van der Waals surface area contributed by atoms with Crippen molar-refractivity contribution >= 4 is 36.0 Å². The van der Waals surface area contributed by atoms with Gasteiger partial charge in [-0.3, -0.25) is 4.99 Å². The van der Waals surface area contributed by atoms with Gasteiger partial charge in [-0.15, -0.1) is 24.0 Å². The highest BCUT2D eigenvalue weighted by molar-refractivity contribution is 14.0. The molecule has 0 aromatic carbocycles. The van der Waals surface area contributed by atoms with Crippen LogP contribution in [0.3, 0.4) is 0 Å². The van der Waals surface area contributed by atoms with E-state index in [0.29, 0.717) is 12.0 Å². The Balaban J connectivity index is 0.00000961. The number of alkyl carbamates (subject to hydrolysis) is 1. The van der Waals surface area contributed by atoms with Gasteiger partial charge in [0.1, 0.15) is 5.60 Å². The number of hydrogen-bond donors (Lipinski definition) is 2. The second-order valence-corrected chi connectivity index (χ2v) is 9.48. The van der Waals surface area contributed by atoms with E-state index in [-0.39, 0.29) is 36.1 Å². The Bertz CT molecular complexity index is 535. The monoisotopic (exact) mass is 570 g/mol. The molecule has 32 heavy (non-hydrogen) atoms. The number of hydrogen-bond acceptors (Lipinski definition) is 5. The van der Waals surface area contributed by atoms with E-state index in [1.54, 1.807) is 0 Å². The topological polar surface area (TPSA) is 84.4 Å². The highest BCUT2D eigenvalue weighted by atomic mass is 127. The van der Waals surface area contributed by atoms with Gasteiger partial charge >= 0.3 is 6.09 Å². The molecule has 0 aromatic rings. The molecule has 0 aromatic heterocycles. The number of ether oxygens (including phenoxy) is 3. The Morgan fingerprint density at radius 1 is 1.25 bits per heavy atom. The second-order valence-electron chi connectivity index (χ2n) is 9.48. The summed E-state index contributed by atoms with van der Waals surface area (Å²) in [5.41, 5.74) is -0.498. The summed E-state index contributed by atoms with van der Waals surface area (Å²) in [6, 6.07) is 0.0352. The number of nitrogens with one attached hydrogen (secondary N) is 2. The van der Waals surface area contributed by atoms with Crippen molar-refractivity contribution in [2.24, 2.45) is 10.9 Å². The normalized spacial score (nSPS) is 16.3. The molecular weight excluding hydrogens is 523 g/mol. The molecule has 1 saturated heterocycles. The third-order valence-corrected chi connectivity index (χ3v) is 5.06. The van der Waals surface area contributed by atoms with Crippen LogP contribution in [0.25, 0.3) is 0 Å². The van der Waals surface area contributed by atoms with E-state index in [0.717, 1.165) is 71.1 Å². The minimum Gasteiger partial charge on any atom is -0.444 e. The lowest BCUT2D eigenvalue weighted by Gasteiger charge is -2.28. The number of carbonyl (C=O) groups is 1. The lowest BCUT2D eigenvalue weighted by molar-refractivity contribution is -0.0318. The molecule has 1 fully saturated rings. The standard InChI is InChI=1S/C23H46N4O4.HI/c1-8-24-21(25-13-9-15-30-19-11-16-29-17-12-19)27(7)14-10-20(18(2)3)26-22(28)31-23(4,5)6;/h18-20H,8-17H2,1-7H3,(H,24,25)(H,26,28);1H. The molecule has 1 heterocycles. The van der Waals surface area contributed by atoms with E-state index in [2.05, 4.69) is 36.3 Å². The summed E-state index contributed by atoms with van der Waals surface area (Å²) in [7, 11) is 2.03. The minimum atomic E-state index is -0.498. The Kier molecular flexibility index (Phi) is 16.3. The molecule has 8 nitrogen and oxygen atoms in total. The van der Waals surface area contributed by atoms with Gasteiger partial charge in [-0.25, -0.2) is 4.79 Å². The van der Waals surface area contributed by atoms with Crippen LogP contribution in [0.1, 0.15) is 67.2 Å². The van der Waals surface area contributed by atoms with Crippen LogP contribution >= 0.6 is 24.0 Å².